The zero-order chi connectivity index (χ0) is 14.0. The maximum Gasteiger partial charge on any atom is 0.326 e. The molecule has 2 aliphatic rings. The molecule has 5 nitrogen and oxygen atoms in total. The SMILES string of the molecule is C=CCN(CC)C(=O)N1CC2CCCC2C1C(=O)O. The maximum atomic E-state index is 12.5. The molecule has 106 valence electrons. The Morgan fingerprint density at radius 2 is 2.21 bits per heavy atom. The topological polar surface area (TPSA) is 60.9 Å². The monoisotopic (exact) mass is 266 g/mol. The molecule has 3 atom stereocenters. The Kier molecular flexibility index (Phi) is 4.12. The molecular weight excluding hydrogens is 244 g/mol. The summed E-state index contributed by atoms with van der Waals surface area (Å²) >= 11 is 0. The second-order valence-electron chi connectivity index (χ2n) is 5.40. The number of carbonyl (C=O) groups is 2. The van der Waals surface area contributed by atoms with Crippen molar-refractivity contribution in [1.82, 2.24) is 9.80 Å². The van der Waals surface area contributed by atoms with Gasteiger partial charge in [-0.3, -0.25) is 0 Å². The fourth-order valence-electron chi connectivity index (χ4n) is 3.50. The van der Waals surface area contributed by atoms with Crippen molar-refractivity contribution in [3.63, 3.8) is 0 Å². The Hall–Kier alpha value is -1.52. The zero-order valence-electron chi connectivity index (χ0n) is 11.4. The third kappa shape index (κ3) is 2.46. The van der Waals surface area contributed by atoms with Gasteiger partial charge >= 0.3 is 12.0 Å². The smallest absolute Gasteiger partial charge is 0.326 e. The number of amides is 2. The van der Waals surface area contributed by atoms with E-state index >= 15 is 0 Å². The first-order valence-electron chi connectivity index (χ1n) is 6.99. The molecule has 0 spiro atoms. The minimum absolute atomic E-state index is 0.142. The summed E-state index contributed by atoms with van der Waals surface area (Å²) in [5.74, 6) is -0.353. The zero-order valence-corrected chi connectivity index (χ0v) is 11.4. The van der Waals surface area contributed by atoms with E-state index in [9.17, 15) is 14.7 Å². The van der Waals surface area contributed by atoms with Crippen LogP contribution in [0.3, 0.4) is 0 Å². The van der Waals surface area contributed by atoms with Crippen LogP contribution in [-0.4, -0.2) is 52.6 Å². The first-order chi connectivity index (χ1) is 9.10. The van der Waals surface area contributed by atoms with Crippen LogP contribution < -0.4 is 0 Å². The highest BCUT2D eigenvalue weighted by Gasteiger charge is 2.50. The van der Waals surface area contributed by atoms with Gasteiger partial charge in [0, 0.05) is 19.6 Å². The summed E-state index contributed by atoms with van der Waals surface area (Å²) in [6.45, 7) is 7.17. The molecule has 0 aromatic heterocycles. The van der Waals surface area contributed by atoms with Gasteiger partial charge in [0.2, 0.25) is 0 Å². The van der Waals surface area contributed by atoms with Crippen molar-refractivity contribution in [2.24, 2.45) is 11.8 Å². The van der Waals surface area contributed by atoms with E-state index in [-0.39, 0.29) is 11.9 Å². The van der Waals surface area contributed by atoms with E-state index in [0.717, 1.165) is 19.3 Å². The molecule has 2 amide bonds. The maximum absolute atomic E-state index is 12.5. The fraction of sp³-hybridized carbons (Fsp3) is 0.714. The molecule has 0 radical (unpaired) electrons. The van der Waals surface area contributed by atoms with Crippen LogP contribution in [0.15, 0.2) is 12.7 Å². The highest BCUT2D eigenvalue weighted by atomic mass is 16.4. The molecule has 1 heterocycles. The van der Waals surface area contributed by atoms with E-state index in [1.54, 1.807) is 15.9 Å². The molecule has 1 aliphatic heterocycles. The lowest BCUT2D eigenvalue weighted by Gasteiger charge is -2.30. The van der Waals surface area contributed by atoms with Crippen molar-refractivity contribution in [3.05, 3.63) is 12.7 Å². The molecule has 19 heavy (non-hydrogen) atoms. The Bertz CT molecular complexity index is 383. The summed E-state index contributed by atoms with van der Waals surface area (Å²) in [6.07, 6.45) is 4.74. The molecule has 1 saturated heterocycles. The van der Waals surface area contributed by atoms with E-state index in [2.05, 4.69) is 6.58 Å². The summed E-state index contributed by atoms with van der Waals surface area (Å²) in [5, 5.41) is 9.43. The van der Waals surface area contributed by atoms with Crippen LogP contribution in [0.1, 0.15) is 26.2 Å². The lowest BCUT2D eigenvalue weighted by molar-refractivity contribution is -0.142. The quantitative estimate of drug-likeness (QED) is 0.789. The van der Waals surface area contributed by atoms with E-state index in [0.29, 0.717) is 25.6 Å². The van der Waals surface area contributed by atoms with Gasteiger partial charge < -0.3 is 14.9 Å². The number of fused-ring (bicyclic) bond motifs is 1. The highest BCUT2D eigenvalue weighted by molar-refractivity contribution is 5.84. The van der Waals surface area contributed by atoms with Crippen LogP contribution in [0.4, 0.5) is 4.79 Å². The van der Waals surface area contributed by atoms with Crippen molar-refractivity contribution < 1.29 is 14.7 Å². The van der Waals surface area contributed by atoms with Crippen molar-refractivity contribution in [3.8, 4) is 0 Å². The Morgan fingerprint density at radius 3 is 2.79 bits per heavy atom. The number of carbonyl (C=O) groups excluding carboxylic acids is 1. The Balaban J connectivity index is 2.16. The van der Waals surface area contributed by atoms with E-state index < -0.39 is 12.0 Å². The van der Waals surface area contributed by atoms with Gasteiger partial charge in [-0.25, -0.2) is 9.59 Å². The fourth-order valence-corrected chi connectivity index (χ4v) is 3.50. The summed E-state index contributed by atoms with van der Waals surface area (Å²) in [4.78, 5) is 27.2. The number of aliphatic carboxylic acids is 1. The molecule has 1 aliphatic carbocycles. The van der Waals surface area contributed by atoms with Gasteiger partial charge in [-0.1, -0.05) is 12.5 Å². The molecule has 0 aromatic rings. The normalized spacial score (nSPS) is 29.1. The van der Waals surface area contributed by atoms with Gasteiger partial charge in [0.25, 0.3) is 0 Å². The third-order valence-electron chi connectivity index (χ3n) is 4.39. The van der Waals surface area contributed by atoms with Crippen LogP contribution in [0.25, 0.3) is 0 Å². The third-order valence-corrected chi connectivity index (χ3v) is 4.39. The average Bonchev–Trinajstić information content (AvgIpc) is 2.94. The largest absolute Gasteiger partial charge is 0.480 e. The first kappa shape index (κ1) is 13.9. The molecule has 3 unspecified atom stereocenters. The number of carboxylic acids is 1. The second kappa shape index (κ2) is 5.63. The van der Waals surface area contributed by atoms with Crippen LogP contribution >= 0.6 is 0 Å². The molecule has 0 aromatic carbocycles. The van der Waals surface area contributed by atoms with Gasteiger partial charge in [0.05, 0.1) is 0 Å². The molecule has 2 rings (SSSR count). The van der Waals surface area contributed by atoms with Crippen molar-refractivity contribution in [2.75, 3.05) is 19.6 Å². The van der Waals surface area contributed by atoms with Crippen LogP contribution in [-0.2, 0) is 4.79 Å². The standard InChI is InChI=1S/C14H22N2O3/c1-3-8-15(4-2)14(19)16-9-10-6-5-7-11(10)12(16)13(17)18/h3,10-12H,1,4-9H2,2H3,(H,17,18). The van der Waals surface area contributed by atoms with Gasteiger partial charge in [-0.05, 0) is 31.6 Å². The van der Waals surface area contributed by atoms with Crippen molar-refractivity contribution in [2.45, 2.75) is 32.2 Å². The lowest BCUT2D eigenvalue weighted by Crippen LogP contribution is -2.49. The lowest BCUT2D eigenvalue weighted by atomic mass is 9.94. The number of hydrogen-bond donors (Lipinski definition) is 1. The van der Waals surface area contributed by atoms with Gasteiger partial charge in [-0.15, -0.1) is 6.58 Å². The van der Waals surface area contributed by atoms with Gasteiger partial charge in [0.15, 0.2) is 0 Å². The van der Waals surface area contributed by atoms with Crippen LogP contribution in [0.2, 0.25) is 0 Å². The number of likely N-dealkylation sites (tertiary alicyclic amines) is 1. The molecule has 5 heteroatoms. The predicted molar refractivity (Wildman–Crippen MR) is 71.8 cm³/mol. The minimum atomic E-state index is -0.864. The number of carboxylic acid groups (broad SMARTS) is 1. The Morgan fingerprint density at radius 1 is 1.47 bits per heavy atom. The summed E-state index contributed by atoms with van der Waals surface area (Å²) < 4.78 is 0. The van der Waals surface area contributed by atoms with E-state index in [1.807, 2.05) is 6.92 Å². The average molecular weight is 266 g/mol. The predicted octanol–water partition coefficient (Wildman–Crippen LogP) is 1.80. The second-order valence-corrected chi connectivity index (χ2v) is 5.40. The molecule has 2 fully saturated rings. The highest BCUT2D eigenvalue weighted by Crippen LogP contribution is 2.42. The molecule has 1 N–H and O–H groups in total. The minimum Gasteiger partial charge on any atom is -0.480 e. The first-order valence-corrected chi connectivity index (χ1v) is 6.99. The Labute approximate surface area is 113 Å². The number of rotatable bonds is 4. The summed E-state index contributed by atoms with van der Waals surface area (Å²) in [7, 11) is 0. The number of nitrogens with zero attached hydrogens (tertiary/aromatic N) is 2. The van der Waals surface area contributed by atoms with Crippen LogP contribution in [0.5, 0.6) is 0 Å². The number of urea groups is 1. The summed E-state index contributed by atoms with van der Waals surface area (Å²) in [6, 6.07) is -0.803. The molecule has 0 bridgehead atoms. The van der Waals surface area contributed by atoms with Crippen LogP contribution in [0, 0.1) is 11.8 Å². The number of hydrogen-bond acceptors (Lipinski definition) is 2. The van der Waals surface area contributed by atoms with Crippen molar-refractivity contribution >= 4 is 12.0 Å². The molecule has 1 saturated carbocycles. The molecular formula is C14H22N2O3. The van der Waals surface area contributed by atoms with Gasteiger partial charge in [0.1, 0.15) is 6.04 Å². The summed E-state index contributed by atoms with van der Waals surface area (Å²) in [5.41, 5.74) is 0. The van der Waals surface area contributed by atoms with E-state index in [4.69, 9.17) is 0 Å². The van der Waals surface area contributed by atoms with Gasteiger partial charge in [-0.2, -0.15) is 0 Å². The van der Waals surface area contributed by atoms with Crippen molar-refractivity contribution in [1.29, 1.82) is 0 Å². The number of likely N-dealkylation sites (N-methyl/N-ethyl adjacent to an activating group) is 1. The van der Waals surface area contributed by atoms with E-state index in [1.165, 1.54) is 0 Å².